The zero-order valence-electron chi connectivity index (χ0n) is 12.9. The van der Waals surface area contributed by atoms with Gasteiger partial charge in [0.2, 0.25) is 5.91 Å². The summed E-state index contributed by atoms with van der Waals surface area (Å²) in [6, 6.07) is 11.1. The van der Waals surface area contributed by atoms with E-state index in [1.165, 1.54) is 25.3 Å². The van der Waals surface area contributed by atoms with E-state index < -0.39 is 4.92 Å². The molecule has 0 fully saturated rings. The molecule has 0 saturated carbocycles. The normalized spacial score (nSPS) is 9.67. The number of rotatable bonds is 6. The minimum atomic E-state index is -0.534. The van der Waals surface area contributed by atoms with Crippen molar-refractivity contribution in [3.8, 4) is 18.1 Å². The molecule has 24 heavy (non-hydrogen) atoms. The van der Waals surface area contributed by atoms with Gasteiger partial charge in [0.25, 0.3) is 5.69 Å². The number of non-ortho nitro benzene ring substituents is 1. The van der Waals surface area contributed by atoms with Crippen molar-refractivity contribution >= 4 is 23.0 Å². The van der Waals surface area contributed by atoms with Crippen LogP contribution < -0.4 is 15.4 Å². The molecular formula is C17H15N3O4. The van der Waals surface area contributed by atoms with Crippen LogP contribution in [0, 0.1) is 22.5 Å². The SMILES string of the molecule is C#Cc1cccc(NCC(=O)Nc2ccc([N+](=O)[O-])cc2OC)c1. The Balaban J connectivity index is 2.01. The third-order valence-electron chi connectivity index (χ3n) is 3.15. The van der Waals surface area contributed by atoms with Crippen molar-refractivity contribution in [1.82, 2.24) is 0 Å². The van der Waals surface area contributed by atoms with E-state index in [1.54, 1.807) is 24.3 Å². The van der Waals surface area contributed by atoms with Crippen molar-refractivity contribution in [3.63, 3.8) is 0 Å². The summed E-state index contributed by atoms with van der Waals surface area (Å²) in [5.41, 5.74) is 1.66. The second-order valence-electron chi connectivity index (χ2n) is 4.77. The fourth-order valence-electron chi connectivity index (χ4n) is 1.99. The third-order valence-corrected chi connectivity index (χ3v) is 3.15. The number of carbonyl (C=O) groups excluding carboxylic acids is 1. The molecule has 0 aliphatic carbocycles. The zero-order chi connectivity index (χ0) is 17.5. The Labute approximate surface area is 138 Å². The Hall–Kier alpha value is -3.53. The summed E-state index contributed by atoms with van der Waals surface area (Å²) in [6.07, 6.45) is 5.32. The van der Waals surface area contributed by atoms with Crippen LogP contribution in [0.5, 0.6) is 5.75 Å². The van der Waals surface area contributed by atoms with Gasteiger partial charge in [0, 0.05) is 17.3 Å². The Morgan fingerprint density at radius 1 is 1.33 bits per heavy atom. The minimum Gasteiger partial charge on any atom is -0.494 e. The topological polar surface area (TPSA) is 93.5 Å². The van der Waals surface area contributed by atoms with E-state index in [9.17, 15) is 14.9 Å². The highest BCUT2D eigenvalue weighted by Crippen LogP contribution is 2.28. The average molecular weight is 325 g/mol. The molecule has 0 aliphatic heterocycles. The van der Waals surface area contributed by atoms with E-state index >= 15 is 0 Å². The second kappa shape index (κ2) is 7.65. The summed E-state index contributed by atoms with van der Waals surface area (Å²) in [6.45, 7) is 0.00810. The molecule has 2 N–H and O–H groups in total. The van der Waals surface area contributed by atoms with Crippen molar-refractivity contribution in [1.29, 1.82) is 0 Å². The molecule has 122 valence electrons. The Bertz CT molecular complexity index is 812. The molecule has 2 aromatic rings. The summed E-state index contributed by atoms with van der Waals surface area (Å²) in [5, 5.41) is 16.3. The summed E-state index contributed by atoms with van der Waals surface area (Å²) >= 11 is 0. The number of nitrogens with one attached hydrogen (secondary N) is 2. The van der Waals surface area contributed by atoms with Gasteiger partial charge in [-0.25, -0.2) is 0 Å². The van der Waals surface area contributed by atoms with Gasteiger partial charge in [-0.15, -0.1) is 6.42 Å². The molecule has 0 spiro atoms. The third kappa shape index (κ3) is 4.24. The van der Waals surface area contributed by atoms with Crippen LogP contribution in [0.25, 0.3) is 0 Å². The second-order valence-corrected chi connectivity index (χ2v) is 4.77. The molecule has 0 atom stereocenters. The fraction of sp³-hybridized carbons (Fsp3) is 0.118. The highest BCUT2D eigenvalue weighted by atomic mass is 16.6. The number of amides is 1. The summed E-state index contributed by atoms with van der Waals surface area (Å²) in [4.78, 5) is 22.2. The summed E-state index contributed by atoms with van der Waals surface area (Å²) in [7, 11) is 1.37. The Morgan fingerprint density at radius 3 is 2.79 bits per heavy atom. The van der Waals surface area contributed by atoms with Gasteiger partial charge in [-0.2, -0.15) is 0 Å². The molecule has 0 heterocycles. The lowest BCUT2D eigenvalue weighted by molar-refractivity contribution is -0.384. The smallest absolute Gasteiger partial charge is 0.273 e. The maximum atomic E-state index is 12.0. The average Bonchev–Trinajstić information content (AvgIpc) is 2.60. The van der Waals surface area contributed by atoms with Gasteiger partial charge < -0.3 is 15.4 Å². The number of nitro benzene ring substituents is 1. The maximum absolute atomic E-state index is 12.0. The molecule has 0 bridgehead atoms. The number of methoxy groups -OCH3 is 1. The van der Waals surface area contributed by atoms with Crippen LogP contribution in [0.3, 0.4) is 0 Å². The van der Waals surface area contributed by atoms with Crippen LogP contribution in [0.1, 0.15) is 5.56 Å². The van der Waals surface area contributed by atoms with Crippen LogP contribution in [-0.4, -0.2) is 24.5 Å². The van der Waals surface area contributed by atoms with Gasteiger partial charge >= 0.3 is 0 Å². The largest absolute Gasteiger partial charge is 0.494 e. The molecule has 0 aliphatic rings. The number of ether oxygens (including phenoxy) is 1. The van der Waals surface area contributed by atoms with Crippen LogP contribution in [0.2, 0.25) is 0 Å². The van der Waals surface area contributed by atoms with Crippen molar-refractivity contribution in [2.45, 2.75) is 0 Å². The standard InChI is InChI=1S/C17H15N3O4/c1-3-12-5-4-6-13(9-12)18-11-17(21)19-15-8-7-14(20(22)23)10-16(15)24-2/h1,4-10,18H,11H2,2H3,(H,19,21). The van der Waals surface area contributed by atoms with Crippen molar-refractivity contribution in [2.24, 2.45) is 0 Å². The number of terminal acetylenes is 1. The van der Waals surface area contributed by atoms with E-state index in [1.807, 2.05) is 0 Å². The molecular weight excluding hydrogens is 310 g/mol. The number of nitro groups is 1. The zero-order valence-corrected chi connectivity index (χ0v) is 12.9. The predicted molar refractivity (Wildman–Crippen MR) is 91.1 cm³/mol. The fourth-order valence-corrected chi connectivity index (χ4v) is 1.99. The first-order valence-corrected chi connectivity index (χ1v) is 6.96. The minimum absolute atomic E-state index is 0.00810. The Kier molecular flexibility index (Phi) is 5.36. The van der Waals surface area contributed by atoms with Gasteiger partial charge in [0.1, 0.15) is 5.75 Å². The van der Waals surface area contributed by atoms with E-state index in [2.05, 4.69) is 16.6 Å². The van der Waals surface area contributed by atoms with Crippen LogP contribution in [0.4, 0.5) is 17.1 Å². The highest BCUT2D eigenvalue weighted by Gasteiger charge is 2.13. The van der Waals surface area contributed by atoms with Gasteiger partial charge in [0.15, 0.2) is 0 Å². The number of nitrogens with zero attached hydrogens (tertiary/aromatic N) is 1. The lowest BCUT2D eigenvalue weighted by Crippen LogP contribution is -2.22. The van der Waals surface area contributed by atoms with Crippen molar-refractivity contribution in [2.75, 3.05) is 24.3 Å². The Morgan fingerprint density at radius 2 is 2.12 bits per heavy atom. The van der Waals surface area contributed by atoms with Gasteiger partial charge in [-0.1, -0.05) is 12.0 Å². The number of carbonyl (C=O) groups is 1. The van der Waals surface area contributed by atoms with E-state index in [0.717, 1.165) is 5.69 Å². The molecule has 1 amide bonds. The lowest BCUT2D eigenvalue weighted by atomic mass is 10.2. The van der Waals surface area contributed by atoms with Gasteiger partial charge in [-0.3, -0.25) is 14.9 Å². The molecule has 7 heteroatoms. The van der Waals surface area contributed by atoms with Crippen molar-refractivity contribution in [3.05, 3.63) is 58.1 Å². The molecule has 7 nitrogen and oxygen atoms in total. The van der Waals surface area contributed by atoms with Crippen LogP contribution >= 0.6 is 0 Å². The number of benzene rings is 2. The highest BCUT2D eigenvalue weighted by molar-refractivity contribution is 5.95. The first-order chi connectivity index (χ1) is 11.5. The molecule has 0 saturated heterocycles. The monoisotopic (exact) mass is 325 g/mol. The number of anilines is 2. The van der Waals surface area contributed by atoms with E-state index in [-0.39, 0.29) is 23.9 Å². The van der Waals surface area contributed by atoms with E-state index in [0.29, 0.717) is 11.3 Å². The van der Waals surface area contributed by atoms with Crippen molar-refractivity contribution < 1.29 is 14.5 Å². The molecule has 2 aromatic carbocycles. The van der Waals surface area contributed by atoms with E-state index in [4.69, 9.17) is 11.2 Å². The van der Waals surface area contributed by atoms with Crippen LogP contribution in [0.15, 0.2) is 42.5 Å². The maximum Gasteiger partial charge on any atom is 0.273 e. The first kappa shape index (κ1) is 16.8. The summed E-state index contributed by atoms with van der Waals surface area (Å²) in [5.74, 6) is 2.40. The molecule has 0 unspecified atom stereocenters. The molecule has 2 rings (SSSR count). The molecule has 0 aromatic heterocycles. The van der Waals surface area contributed by atoms with Gasteiger partial charge in [-0.05, 0) is 24.3 Å². The van der Waals surface area contributed by atoms with Gasteiger partial charge in [0.05, 0.1) is 30.3 Å². The quantitative estimate of drug-likeness (QED) is 0.484. The number of hydrogen-bond donors (Lipinski definition) is 2. The predicted octanol–water partition coefficient (Wildman–Crippen LogP) is 2.64. The number of hydrogen-bond acceptors (Lipinski definition) is 5. The lowest BCUT2D eigenvalue weighted by Gasteiger charge is -2.11. The first-order valence-electron chi connectivity index (χ1n) is 6.96. The summed E-state index contributed by atoms with van der Waals surface area (Å²) < 4.78 is 5.07. The molecule has 0 radical (unpaired) electrons. The van der Waals surface area contributed by atoms with Crippen LogP contribution in [-0.2, 0) is 4.79 Å².